The van der Waals surface area contributed by atoms with Gasteiger partial charge in [-0.25, -0.2) is 4.79 Å². The lowest BCUT2D eigenvalue weighted by molar-refractivity contribution is 0.0659. The zero-order valence-electron chi connectivity index (χ0n) is 8.06. The zero-order valence-corrected chi connectivity index (χ0v) is 8.06. The molecule has 0 saturated heterocycles. The molecule has 5 nitrogen and oxygen atoms in total. The van der Waals surface area contributed by atoms with Gasteiger partial charge in [0.05, 0.1) is 6.54 Å². The highest BCUT2D eigenvalue weighted by molar-refractivity contribution is 5.84. The minimum atomic E-state index is -1.04. The van der Waals surface area contributed by atoms with Crippen LogP contribution in [0, 0.1) is 0 Å². The summed E-state index contributed by atoms with van der Waals surface area (Å²) in [6.07, 6.45) is 0. The third-order valence-electron chi connectivity index (χ3n) is 1.81. The third kappa shape index (κ3) is 2.86. The first kappa shape index (κ1) is 10.7. The summed E-state index contributed by atoms with van der Waals surface area (Å²) in [6.45, 7) is 1.90. The number of hydrogen-bond donors (Lipinski definition) is 2. The number of aromatic carboxylic acids is 1. The smallest absolute Gasteiger partial charge is 0.371 e. The van der Waals surface area contributed by atoms with Crippen LogP contribution in [0.25, 0.3) is 0 Å². The van der Waals surface area contributed by atoms with Gasteiger partial charge in [-0.05, 0) is 19.2 Å². The zero-order chi connectivity index (χ0) is 10.6. The molecule has 0 aliphatic rings. The molecule has 0 spiro atoms. The van der Waals surface area contributed by atoms with Crippen LogP contribution in [0.15, 0.2) is 16.5 Å². The topological polar surface area (TPSA) is 79.7 Å². The van der Waals surface area contributed by atoms with E-state index in [1.807, 2.05) is 11.9 Å². The van der Waals surface area contributed by atoms with Crippen LogP contribution in [0.1, 0.15) is 16.3 Å². The second-order valence-electron chi connectivity index (χ2n) is 3.10. The molecule has 0 fully saturated rings. The molecule has 1 aromatic rings. The van der Waals surface area contributed by atoms with Crippen LogP contribution in [-0.4, -0.2) is 36.1 Å². The van der Waals surface area contributed by atoms with E-state index >= 15 is 0 Å². The van der Waals surface area contributed by atoms with Crippen molar-refractivity contribution in [3.05, 3.63) is 23.7 Å². The molecule has 1 rings (SSSR count). The van der Waals surface area contributed by atoms with Crippen molar-refractivity contribution in [3.63, 3.8) is 0 Å². The number of hydrogen-bond acceptors (Lipinski definition) is 4. The SMILES string of the molecule is CN(CCN)Cc1ccc(C(=O)O)o1. The van der Waals surface area contributed by atoms with Crippen LogP contribution >= 0.6 is 0 Å². The van der Waals surface area contributed by atoms with Gasteiger partial charge in [0.2, 0.25) is 5.76 Å². The van der Waals surface area contributed by atoms with E-state index in [1.54, 1.807) is 6.07 Å². The number of carboxylic acid groups (broad SMARTS) is 1. The third-order valence-corrected chi connectivity index (χ3v) is 1.81. The van der Waals surface area contributed by atoms with Gasteiger partial charge in [-0.1, -0.05) is 0 Å². The summed E-state index contributed by atoms with van der Waals surface area (Å²) in [4.78, 5) is 12.5. The fourth-order valence-corrected chi connectivity index (χ4v) is 1.14. The summed E-state index contributed by atoms with van der Waals surface area (Å²) >= 11 is 0. The Labute approximate surface area is 82.1 Å². The summed E-state index contributed by atoms with van der Waals surface area (Å²) in [6, 6.07) is 3.12. The number of carbonyl (C=O) groups is 1. The van der Waals surface area contributed by atoms with E-state index in [-0.39, 0.29) is 5.76 Å². The Kier molecular flexibility index (Phi) is 3.67. The number of furan rings is 1. The van der Waals surface area contributed by atoms with Crippen molar-refractivity contribution in [3.8, 4) is 0 Å². The Bertz CT molecular complexity index is 309. The second kappa shape index (κ2) is 4.78. The molecule has 0 atom stereocenters. The highest BCUT2D eigenvalue weighted by Crippen LogP contribution is 2.09. The molecule has 5 heteroatoms. The highest BCUT2D eigenvalue weighted by Gasteiger charge is 2.09. The van der Waals surface area contributed by atoms with Gasteiger partial charge < -0.3 is 15.3 Å². The standard InChI is InChI=1S/C9H14N2O3/c1-11(5-4-10)6-7-2-3-8(14-7)9(12)13/h2-3H,4-6,10H2,1H3,(H,12,13). The van der Waals surface area contributed by atoms with Crippen molar-refractivity contribution in [1.29, 1.82) is 0 Å². The van der Waals surface area contributed by atoms with Crippen molar-refractivity contribution in [2.24, 2.45) is 5.73 Å². The number of carboxylic acids is 1. The predicted molar refractivity (Wildman–Crippen MR) is 51.1 cm³/mol. The van der Waals surface area contributed by atoms with E-state index in [9.17, 15) is 4.79 Å². The van der Waals surface area contributed by atoms with Gasteiger partial charge in [0.1, 0.15) is 5.76 Å². The van der Waals surface area contributed by atoms with Gasteiger partial charge >= 0.3 is 5.97 Å². The number of nitrogens with two attached hydrogens (primary N) is 1. The molecule has 0 aromatic carbocycles. The number of likely N-dealkylation sites (N-methyl/N-ethyl adjacent to an activating group) is 1. The fraction of sp³-hybridized carbons (Fsp3) is 0.444. The molecular weight excluding hydrogens is 184 g/mol. The van der Waals surface area contributed by atoms with Gasteiger partial charge in [-0.2, -0.15) is 0 Å². The largest absolute Gasteiger partial charge is 0.475 e. The van der Waals surface area contributed by atoms with Crippen molar-refractivity contribution >= 4 is 5.97 Å². The molecule has 14 heavy (non-hydrogen) atoms. The molecule has 0 unspecified atom stereocenters. The van der Waals surface area contributed by atoms with Crippen LogP contribution < -0.4 is 5.73 Å². The Hall–Kier alpha value is -1.33. The van der Waals surface area contributed by atoms with Gasteiger partial charge in [-0.15, -0.1) is 0 Å². The quantitative estimate of drug-likeness (QED) is 0.714. The monoisotopic (exact) mass is 198 g/mol. The van der Waals surface area contributed by atoms with E-state index in [1.165, 1.54) is 6.07 Å². The van der Waals surface area contributed by atoms with Gasteiger partial charge in [0.25, 0.3) is 0 Å². The summed E-state index contributed by atoms with van der Waals surface area (Å²) in [5.74, 6) is -0.433. The predicted octanol–water partition coefficient (Wildman–Crippen LogP) is 0.368. The summed E-state index contributed by atoms with van der Waals surface area (Å²) in [5, 5.41) is 8.61. The number of nitrogens with zero attached hydrogens (tertiary/aromatic N) is 1. The lowest BCUT2D eigenvalue weighted by atomic mass is 10.4. The molecule has 0 amide bonds. The lowest BCUT2D eigenvalue weighted by Crippen LogP contribution is -2.24. The van der Waals surface area contributed by atoms with Crippen LogP contribution in [0.3, 0.4) is 0 Å². The van der Waals surface area contributed by atoms with Crippen LogP contribution in [0.5, 0.6) is 0 Å². The maximum absolute atomic E-state index is 10.5. The van der Waals surface area contributed by atoms with Crippen LogP contribution in [0.2, 0.25) is 0 Å². The van der Waals surface area contributed by atoms with Crippen LogP contribution in [-0.2, 0) is 6.54 Å². The van der Waals surface area contributed by atoms with E-state index in [2.05, 4.69) is 0 Å². The van der Waals surface area contributed by atoms with E-state index in [4.69, 9.17) is 15.3 Å². The highest BCUT2D eigenvalue weighted by atomic mass is 16.4. The second-order valence-corrected chi connectivity index (χ2v) is 3.10. The maximum Gasteiger partial charge on any atom is 0.371 e. The normalized spacial score (nSPS) is 10.8. The van der Waals surface area contributed by atoms with E-state index in [0.717, 1.165) is 6.54 Å². The van der Waals surface area contributed by atoms with E-state index < -0.39 is 5.97 Å². The van der Waals surface area contributed by atoms with Crippen molar-refractivity contribution in [1.82, 2.24) is 4.90 Å². The maximum atomic E-state index is 10.5. The number of rotatable bonds is 5. The molecular formula is C9H14N2O3. The van der Waals surface area contributed by atoms with Crippen LogP contribution in [0.4, 0.5) is 0 Å². The first-order chi connectivity index (χ1) is 6.63. The summed E-state index contributed by atoms with van der Waals surface area (Å²) < 4.78 is 5.08. The summed E-state index contributed by atoms with van der Waals surface area (Å²) in [5.41, 5.74) is 5.37. The van der Waals surface area contributed by atoms with Gasteiger partial charge in [0.15, 0.2) is 0 Å². The molecule has 3 N–H and O–H groups in total. The van der Waals surface area contributed by atoms with Crippen molar-refractivity contribution in [2.75, 3.05) is 20.1 Å². The Morgan fingerprint density at radius 3 is 2.86 bits per heavy atom. The molecule has 0 aliphatic heterocycles. The van der Waals surface area contributed by atoms with Crippen molar-refractivity contribution < 1.29 is 14.3 Å². The Morgan fingerprint density at radius 2 is 2.36 bits per heavy atom. The lowest BCUT2D eigenvalue weighted by Gasteiger charge is -2.12. The average Bonchev–Trinajstić information content (AvgIpc) is 2.53. The molecule has 0 radical (unpaired) electrons. The Morgan fingerprint density at radius 1 is 1.64 bits per heavy atom. The molecule has 78 valence electrons. The molecule has 0 saturated carbocycles. The van der Waals surface area contributed by atoms with Gasteiger partial charge in [-0.3, -0.25) is 4.90 Å². The average molecular weight is 198 g/mol. The molecule has 0 bridgehead atoms. The molecule has 0 aliphatic carbocycles. The first-order valence-electron chi connectivity index (χ1n) is 4.34. The minimum Gasteiger partial charge on any atom is -0.475 e. The summed E-state index contributed by atoms with van der Waals surface area (Å²) in [7, 11) is 1.90. The minimum absolute atomic E-state index is 0.0267. The van der Waals surface area contributed by atoms with Crippen molar-refractivity contribution in [2.45, 2.75) is 6.54 Å². The Balaban J connectivity index is 2.55. The van der Waals surface area contributed by atoms with E-state index in [0.29, 0.717) is 18.8 Å². The fourth-order valence-electron chi connectivity index (χ4n) is 1.14. The molecule has 1 aromatic heterocycles. The first-order valence-corrected chi connectivity index (χ1v) is 4.34. The van der Waals surface area contributed by atoms with Gasteiger partial charge in [0, 0.05) is 13.1 Å². The molecule has 1 heterocycles.